The molecule has 0 saturated carbocycles. The maximum atomic E-state index is 8.83. The first-order chi connectivity index (χ1) is 8.72. The summed E-state index contributed by atoms with van der Waals surface area (Å²) in [6, 6.07) is 11.2. The lowest BCUT2D eigenvalue weighted by molar-refractivity contribution is 0.414. The second-order valence-electron chi connectivity index (χ2n) is 3.85. The number of nitriles is 1. The second-order valence-corrected chi connectivity index (χ2v) is 3.85. The van der Waals surface area contributed by atoms with Crippen LogP contribution in [0.1, 0.15) is 11.1 Å². The average Bonchev–Trinajstić information content (AvgIpc) is 2.41. The fraction of sp³-hybridized carbons (Fsp3) is 0.143. The molecule has 2 rings (SSSR count). The first kappa shape index (κ1) is 11.9. The summed E-state index contributed by atoms with van der Waals surface area (Å²) in [7, 11) is 1.64. The molecule has 2 aromatic rings. The number of nitrogens with zero attached hydrogens (tertiary/aromatic N) is 2. The van der Waals surface area contributed by atoms with Crippen LogP contribution in [0.5, 0.6) is 5.75 Å². The van der Waals surface area contributed by atoms with E-state index in [1.807, 2.05) is 25.1 Å². The van der Waals surface area contributed by atoms with Crippen LogP contribution < -0.4 is 10.1 Å². The van der Waals surface area contributed by atoms with Gasteiger partial charge in [-0.2, -0.15) is 5.26 Å². The molecule has 0 aliphatic heterocycles. The monoisotopic (exact) mass is 239 g/mol. The summed E-state index contributed by atoms with van der Waals surface area (Å²) >= 11 is 0. The molecule has 1 aromatic heterocycles. The van der Waals surface area contributed by atoms with Crippen LogP contribution in [0.25, 0.3) is 0 Å². The van der Waals surface area contributed by atoms with E-state index in [0.717, 1.165) is 17.0 Å². The molecule has 0 aliphatic rings. The Morgan fingerprint density at radius 3 is 2.78 bits per heavy atom. The van der Waals surface area contributed by atoms with E-state index in [2.05, 4.69) is 16.4 Å². The van der Waals surface area contributed by atoms with Crippen LogP contribution in [0.15, 0.2) is 36.5 Å². The van der Waals surface area contributed by atoms with E-state index in [0.29, 0.717) is 11.4 Å². The van der Waals surface area contributed by atoms with Crippen molar-refractivity contribution in [1.82, 2.24) is 4.98 Å². The van der Waals surface area contributed by atoms with E-state index in [9.17, 15) is 0 Å². The Labute approximate surface area is 106 Å². The van der Waals surface area contributed by atoms with Crippen LogP contribution in [-0.4, -0.2) is 12.1 Å². The fourth-order valence-corrected chi connectivity index (χ4v) is 1.61. The molecule has 4 heteroatoms. The number of nitrogens with one attached hydrogen (secondary N) is 1. The van der Waals surface area contributed by atoms with Crippen molar-refractivity contribution in [3.05, 3.63) is 47.7 Å². The number of hydrogen-bond acceptors (Lipinski definition) is 4. The minimum absolute atomic E-state index is 0.582. The van der Waals surface area contributed by atoms with Crippen molar-refractivity contribution in [2.45, 2.75) is 6.92 Å². The van der Waals surface area contributed by atoms with Crippen LogP contribution >= 0.6 is 0 Å². The molecule has 0 aliphatic carbocycles. The molecule has 0 radical (unpaired) electrons. The highest BCUT2D eigenvalue weighted by atomic mass is 16.5. The van der Waals surface area contributed by atoms with Crippen molar-refractivity contribution >= 4 is 11.5 Å². The number of benzene rings is 1. The summed E-state index contributed by atoms with van der Waals surface area (Å²) in [5, 5.41) is 12.0. The molecule has 0 unspecified atom stereocenters. The predicted octanol–water partition coefficient (Wildman–Crippen LogP) is 3.01. The Balaban J connectivity index is 2.26. The van der Waals surface area contributed by atoms with Crippen LogP contribution in [0.3, 0.4) is 0 Å². The third kappa shape index (κ3) is 2.58. The Bertz CT molecular complexity index is 602. The van der Waals surface area contributed by atoms with Gasteiger partial charge in [-0.1, -0.05) is 0 Å². The summed E-state index contributed by atoms with van der Waals surface area (Å²) < 4.78 is 5.15. The van der Waals surface area contributed by atoms with Gasteiger partial charge in [-0.3, -0.25) is 0 Å². The zero-order chi connectivity index (χ0) is 13.0. The maximum Gasteiger partial charge on any atom is 0.131 e. The molecule has 1 aromatic carbocycles. The Kier molecular flexibility index (Phi) is 3.44. The SMILES string of the molecule is COc1ccc(Nc2cc(C#N)ccn2)c(C)c1. The number of pyridine rings is 1. The molecular weight excluding hydrogens is 226 g/mol. The first-order valence-electron chi connectivity index (χ1n) is 5.51. The van der Waals surface area contributed by atoms with E-state index < -0.39 is 0 Å². The Hall–Kier alpha value is -2.54. The number of rotatable bonds is 3. The van der Waals surface area contributed by atoms with Crippen molar-refractivity contribution < 1.29 is 4.74 Å². The summed E-state index contributed by atoms with van der Waals surface area (Å²) in [4.78, 5) is 4.17. The van der Waals surface area contributed by atoms with Gasteiger partial charge in [0.1, 0.15) is 11.6 Å². The van der Waals surface area contributed by atoms with E-state index in [-0.39, 0.29) is 0 Å². The van der Waals surface area contributed by atoms with Gasteiger partial charge in [0, 0.05) is 11.9 Å². The predicted molar refractivity (Wildman–Crippen MR) is 70.0 cm³/mol. The highest BCUT2D eigenvalue weighted by molar-refractivity contribution is 5.62. The molecular formula is C14H13N3O. The highest BCUT2D eigenvalue weighted by Gasteiger charge is 2.02. The van der Waals surface area contributed by atoms with Gasteiger partial charge in [0.2, 0.25) is 0 Å². The number of hydrogen-bond donors (Lipinski definition) is 1. The molecule has 0 fully saturated rings. The summed E-state index contributed by atoms with van der Waals surface area (Å²) in [5.74, 6) is 1.47. The van der Waals surface area contributed by atoms with Crippen molar-refractivity contribution in [3.63, 3.8) is 0 Å². The van der Waals surface area contributed by atoms with Gasteiger partial charge >= 0.3 is 0 Å². The van der Waals surface area contributed by atoms with Gasteiger partial charge in [0.15, 0.2) is 0 Å². The lowest BCUT2D eigenvalue weighted by Gasteiger charge is -2.10. The smallest absolute Gasteiger partial charge is 0.131 e. The zero-order valence-corrected chi connectivity index (χ0v) is 10.3. The van der Waals surface area contributed by atoms with Crippen molar-refractivity contribution in [2.24, 2.45) is 0 Å². The lowest BCUT2D eigenvalue weighted by Crippen LogP contribution is -1.96. The zero-order valence-electron chi connectivity index (χ0n) is 10.3. The van der Waals surface area contributed by atoms with Gasteiger partial charge in [-0.15, -0.1) is 0 Å². The number of aryl methyl sites for hydroxylation is 1. The normalized spacial score (nSPS) is 9.61. The molecule has 0 amide bonds. The topological polar surface area (TPSA) is 57.9 Å². The summed E-state index contributed by atoms with van der Waals surface area (Å²) in [6.45, 7) is 1.99. The fourth-order valence-electron chi connectivity index (χ4n) is 1.61. The number of methoxy groups -OCH3 is 1. The molecule has 90 valence electrons. The van der Waals surface area contributed by atoms with Crippen LogP contribution in [0.4, 0.5) is 11.5 Å². The number of ether oxygens (including phenoxy) is 1. The largest absolute Gasteiger partial charge is 0.497 e. The van der Waals surface area contributed by atoms with Crippen molar-refractivity contribution in [3.8, 4) is 11.8 Å². The minimum atomic E-state index is 0.582. The first-order valence-corrected chi connectivity index (χ1v) is 5.51. The molecule has 18 heavy (non-hydrogen) atoms. The maximum absolute atomic E-state index is 8.83. The van der Waals surface area contributed by atoms with Crippen molar-refractivity contribution in [2.75, 3.05) is 12.4 Å². The molecule has 0 bridgehead atoms. The van der Waals surface area contributed by atoms with Gasteiger partial charge in [-0.05, 0) is 42.8 Å². The number of aromatic nitrogens is 1. The van der Waals surface area contributed by atoms with Crippen LogP contribution in [0, 0.1) is 18.3 Å². The van der Waals surface area contributed by atoms with E-state index >= 15 is 0 Å². The molecule has 0 spiro atoms. The van der Waals surface area contributed by atoms with Gasteiger partial charge < -0.3 is 10.1 Å². The molecule has 0 saturated heterocycles. The van der Waals surface area contributed by atoms with E-state index in [4.69, 9.17) is 10.00 Å². The third-order valence-corrected chi connectivity index (χ3v) is 2.59. The quantitative estimate of drug-likeness (QED) is 0.894. The van der Waals surface area contributed by atoms with Gasteiger partial charge in [0.25, 0.3) is 0 Å². The average molecular weight is 239 g/mol. The standard InChI is InChI=1S/C14H13N3O/c1-10-7-12(18-2)3-4-13(10)17-14-8-11(9-15)5-6-16-14/h3-8H,1-2H3,(H,16,17). The Morgan fingerprint density at radius 1 is 1.28 bits per heavy atom. The molecule has 1 heterocycles. The minimum Gasteiger partial charge on any atom is -0.497 e. The van der Waals surface area contributed by atoms with Gasteiger partial charge in [0.05, 0.1) is 18.7 Å². The molecule has 1 N–H and O–H groups in total. The molecule has 4 nitrogen and oxygen atoms in total. The van der Waals surface area contributed by atoms with E-state index in [1.165, 1.54) is 0 Å². The number of anilines is 2. The lowest BCUT2D eigenvalue weighted by atomic mass is 10.2. The van der Waals surface area contributed by atoms with Crippen LogP contribution in [0.2, 0.25) is 0 Å². The summed E-state index contributed by atoms with van der Waals surface area (Å²) in [6.07, 6.45) is 1.61. The third-order valence-electron chi connectivity index (χ3n) is 2.59. The molecule has 0 atom stereocenters. The van der Waals surface area contributed by atoms with Gasteiger partial charge in [-0.25, -0.2) is 4.98 Å². The second kappa shape index (κ2) is 5.19. The summed E-state index contributed by atoms with van der Waals surface area (Å²) in [5.41, 5.74) is 2.58. The van der Waals surface area contributed by atoms with Crippen LogP contribution in [-0.2, 0) is 0 Å². The highest BCUT2D eigenvalue weighted by Crippen LogP contribution is 2.23. The Morgan fingerprint density at radius 2 is 2.11 bits per heavy atom. The van der Waals surface area contributed by atoms with Crippen molar-refractivity contribution in [1.29, 1.82) is 5.26 Å². The van der Waals surface area contributed by atoms with E-state index in [1.54, 1.807) is 25.4 Å².